The van der Waals surface area contributed by atoms with Gasteiger partial charge in [0.1, 0.15) is 0 Å². The first kappa shape index (κ1) is 22.5. The van der Waals surface area contributed by atoms with Gasteiger partial charge < -0.3 is 9.47 Å². The molecule has 194 valence electrons. The fourth-order valence-corrected chi connectivity index (χ4v) is 6.84. The van der Waals surface area contributed by atoms with E-state index in [1.165, 1.54) is 38.6 Å². The quantitative estimate of drug-likeness (QED) is 0.225. The van der Waals surface area contributed by atoms with Crippen LogP contribution < -0.4 is 9.80 Å². The lowest BCUT2D eigenvalue weighted by Crippen LogP contribution is -2.43. The summed E-state index contributed by atoms with van der Waals surface area (Å²) in [4.78, 5) is 10.1. The average Bonchev–Trinajstić information content (AvgIpc) is 3.54. The molecule has 0 saturated heterocycles. The summed E-state index contributed by atoms with van der Waals surface area (Å²) in [6.45, 7) is 0. The van der Waals surface area contributed by atoms with Crippen LogP contribution in [0.5, 0.6) is 0 Å². The molecule has 6 aromatic rings. The van der Waals surface area contributed by atoms with Gasteiger partial charge in [0.25, 0.3) is 0 Å². The number of aromatic nitrogens is 1. The molecule has 41 heavy (non-hydrogen) atoms. The first-order valence-electron chi connectivity index (χ1n) is 14.2. The van der Waals surface area contributed by atoms with Crippen molar-refractivity contribution in [3.63, 3.8) is 0 Å². The Kier molecular flexibility index (Phi) is 4.70. The highest BCUT2D eigenvalue weighted by molar-refractivity contribution is 6.20. The van der Waals surface area contributed by atoms with E-state index < -0.39 is 0 Å². The van der Waals surface area contributed by atoms with Crippen LogP contribution in [0.3, 0.4) is 0 Å². The molecule has 4 heteroatoms. The smallest absolute Gasteiger partial charge is 0.216 e. The van der Waals surface area contributed by atoms with Crippen LogP contribution in [0.15, 0.2) is 150 Å². The van der Waals surface area contributed by atoms with E-state index in [-0.39, 0.29) is 6.04 Å². The molecule has 1 atom stereocenters. The molecule has 1 unspecified atom stereocenters. The lowest BCUT2D eigenvalue weighted by atomic mass is 9.99. The molecule has 5 aromatic carbocycles. The van der Waals surface area contributed by atoms with Gasteiger partial charge in [-0.3, -0.25) is 4.90 Å². The minimum absolute atomic E-state index is 0.175. The standard InChI is InChI=1S/C37H26N4/c1-6-19-32-27(14-1)28-15-2-7-20-33(28)39(32)25-12-11-13-26(24-25)40-34-21-8-3-16-29(34)30-17-4-9-22-35(30)41-36-23-10-5-18-31(36)38-37(40)41/h1-22,24,36H,23H2. The van der Waals surface area contributed by atoms with E-state index in [9.17, 15) is 0 Å². The Morgan fingerprint density at radius 2 is 1.24 bits per heavy atom. The molecule has 0 amide bonds. The second-order valence-corrected chi connectivity index (χ2v) is 10.8. The van der Waals surface area contributed by atoms with Gasteiger partial charge in [-0.2, -0.15) is 0 Å². The minimum atomic E-state index is 0.175. The third-order valence-corrected chi connectivity index (χ3v) is 8.58. The number of rotatable bonds is 2. The highest BCUT2D eigenvalue weighted by Crippen LogP contribution is 2.48. The van der Waals surface area contributed by atoms with Gasteiger partial charge in [-0.05, 0) is 55.0 Å². The molecule has 2 aliphatic heterocycles. The van der Waals surface area contributed by atoms with Crippen molar-refractivity contribution >= 4 is 44.8 Å². The molecular weight excluding hydrogens is 500 g/mol. The summed E-state index contributed by atoms with van der Waals surface area (Å²) in [5.41, 5.74) is 10.5. The van der Waals surface area contributed by atoms with Crippen molar-refractivity contribution in [3.8, 4) is 16.8 Å². The largest absolute Gasteiger partial charge is 0.309 e. The summed E-state index contributed by atoms with van der Waals surface area (Å²) >= 11 is 0. The van der Waals surface area contributed by atoms with Gasteiger partial charge in [-0.25, -0.2) is 4.99 Å². The molecule has 1 aromatic heterocycles. The van der Waals surface area contributed by atoms with Crippen LogP contribution in [-0.4, -0.2) is 16.6 Å². The average molecular weight is 527 g/mol. The third-order valence-electron chi connectivity index (χ3n) is 8.58. The van der Waals surface area contributed by atoms with E-state index in [0.29, 0.717) is 0 Å². The monoisotopic (exact) mass is 526 g/mol. The second-order valence-electron chi connectivity index (χ2n) is 10.8. The number of nitrogens with zero attached hydrogens (tertiary/aromatic N) is 4. The predicted molar refractivity (Wildman–Crippen MR) is 170 cm³/mol. The number of benzene rings is 5. The van der Waals surface area contributed by atoms with Crippen LogP contribution >= 0.6 is 0 Å². The maximum Gasteiger partial charge on any atom is 0.216 e. The van der Waals surface area contributed by atoms with Crippen LogP contribution in [0.25, 0.3) is 38.6 Å². The van der Waals surface area contributed by atoms with E-state index in [2.05, 4.69) is 154 Å². The number of allylic oxidation sites excluding steroid dienone is 2. The molecule has 3 aliphatic rings. The normalized spacial score (nSPS) is 17.0. The lowest BCUT2D eigenvalue weighted by molar-refractivity contribution is 0.780. The second kappa shape index (κ2) is 8.57. The Labute approximate surface area is 238 Å². The van der Waals surface area contributed by atoms with Gasteiger partial charge in [-0.1, -0.05) is 91.0 Å². The van der Waals surface area contributed by atoms with Gasteiger partial charge in [-0.15, -0.1) is 0 Å². The molecule has 3 heterocycles. The Hall–Kier alpha value is -5.35. The van der Waals surface area contributed by atoms with Crippen LogP contribution in [0.2, 0.25) is 0 Å². The molecule has 0 saturated carbocycles. The van der Waals surface area contributed by atoms with Crippen molar-refractivity contribution in [2.75, 3.05) is 9.80 Å². The highest BCUT2D eigenvalue weighted by Gasteiger charge is 2.41. The van der Waals surface area contributed by atoms with Crippen molar-refractivity contribution in [1.29, 1.82) is 0 Å². The third kappa shape index (κ3) is 3.19. The number of para-hydroxylation sites is 4. The maximum absolute atomic E-state index is 5.31. The Balaban J connectivity index is 1.31. The fraction of sp³-hybridized carbons (Fsp3) is 0.0541. The zero-order chi connectivity index (χ0) is 26.9. The molecule has 1 aliphatic carbocycles. The molecule has 0 fully saturated rings. The van der Waals surface area contributed by atoms with Gasteiger partial charge in [0.05, 0.1) is 39.8 Å². The summed E-state index contributed by atoms with van der Waals surface area (Å²) < 4.78 is 2.38. The Bertz CT molecular complexity index is 2060. The number of fused-ring (bicyclic) bond motifs is 10. The first-order valence-corrected chi connectivity index (χ1v) is 14.2. The summed E-state index contributed by atoms with van der Waals surface area (Å²) in [5, 5.41) is 2.53. The Morgan fingerprint density at radius 3 is 2.02 bits per heavy atom. The van der Waals surface area contributed by atoms with Crippen LogP contribution in [0, 0.1) is 0 Å². The zero-order valence-electron chi connectivity index (χ0n) is 22.4. The van der Waals surface area contributed by atoms with Crippen molar-refractivity contribution < 1.29 is 0 Å². The van der Waals surface area contributed by atoms with Crippen molar-refractivity contribution in [1.82, 2.24) is 4.57 Å². The van der Waals surface area contributed by atoms with Gasteiger partial charge in [0.2, 0.25) is 5.96 Å². The number of guanidine groups is 1. The topological polar surface area (TPSA) is 23.8 Å². The Morgan fingerprint density at radius 1 is 0.610 bits per heavy atom. The molecular formula is C37H26N4. The number of anilines is 3. The molecule has 0 spiro atoms. The molecule has 0 N–H and O–H groups in total. The van der Waals surface area contributed by atoms with Crippen LogP contribution in [0.4, 0.5) is 17.1 Å². The summed E-state index contributed by atoms with van der Waals surface area (Å²) in [6.07, 6.45) is 7.48. The highest BCUT2D eigenvalue weighted by atomic mass is 15.4. The SMILES string of the molecule is C1=CCC2C(=C1)N=C1N(c3cccc(-n4c5ccccc5c5ccccc54)c3)c3ccccc3-c3ccccc3N12. The van der Waals surface area contributed by atoms with Gasteiger partial charge in [0.15, 0.2) is 0 Å². The summed E-state index contributed by atoms with van der Waals surface area (Å²) in [5.74, 6) is 0.946. The van der Waals surface area contributed by atoms with Crippen LogP contribution in [-0.2, 0) is 0 Å². The predicted octanol–water partition coefficient (Wildman–Crippen LogP) is 8.99. The first-order chi connectivity index (χ1) is 20.4. The van der Waals surface area contributed by atoms with Crippen LogP contribution in [0.1, 0.15) is 6.42 Å². The van der Waals surface area contributed by atoms with Crippen molar-refractivity contribution in [3.05, 3.63) is 145 Å². The van der Waals surface area contributed by atoms with E-state index in [1.54, 1.807) is 0 Å². The summed E-state index contributed by atoms with van der Waals surface area (Å²) in [6, 6.07) is 43.9. The molecule has 0 bridgehead atoms. The number of hydrogen-bond donors (Lipinski definition) is 0. The van der Waals surface area contributed by atoms with Gasteiger partial charge >= 0.3 is 0 Å². The van der Waals surface area contributed by atoms with Crippen molar-refractivity contribution in [2.24, 2.45) is 4.99 Å². The van der Waals surface area contributed by atoms with Gasteiger partial charge in [0, 0.05) is 27.6 Å². The zero-order valence-corrected chi connectivity index (χ0v) is 22.4. The molecule has 0 radical (unpaired) electrons. The van der Waals surface area contributed by atoms with E-state index in [0.717, 1.165) is 35.1 Å². The summed E-state index contributed by atoms with van der Waals surface area (Å²) in [7, 11) is 0. The molecule has 9 rings (SSSR count). The van der Waals surface area contributed by atoms with Crippen molar-refractivity contribution in [2.45, 2.75) is 12.5 Å². The molecule has 4 nitrogen and oxygen atoms in total. The lowest BCUT2D eigenvalue weighted by Gasteiger charge is -2.33. The fourth-order valence-electron chi connectivity index (χ4n) is 6.84. The number of aliphatic imine (C=N–C) groups is 1. The van der Waals surface area contributed by atoms with E-state index in [4.69, 9.17) is 4.99 Å². The van der Waals surface area contributed by atoms with E-state index >= 15 is 0 Å². The van der Waals surface area contributed by atoms with E-state index in [1.807, 2.05) is 0 Å². The number of hydrogen-bond acceptors (Lipinski definition) is 3. The minimum Gasteiger partial charge on any atom is -0.309 e. The maximum atomic E-state index is 5.31.